The summed E-state index contributed by atoms with van der Waals surface area (Å²) in [5.74, 6) is 0. The molecule has 18 heavy (non-hydrogen) atoms. The third-order valence-electron chi connectivity index (χ3n) is 2.40. The molecule has 0 unspecified atom stereocenters. The average Bonchev–Trinajstić information content (AvgIpc) is 2.39. The van der Waals surface area contributed by atoms with Crippen LogP contribution in [0.2, 0.25) is 0 Å². The molecule has 1 heterocycles. The van der Waals surface area contributed by atoms with E-state index < -0.39 is 4.92 Å². The van der Waals surface area contributed by atoms with Crippen LogP contribution in [0.4, 0.5) is 5.69 Å². The molecule has 92 valence electrons. The first-order valence-electron chi connectivity index (χ1n) is 5.01. The number of H-pyrrole nitrogens is 1. The van der Waals surface area contributed by atoms with Crippen LogP contribution in [0.25, 0.3) is 11.3 Å². The van der Waals surface area contributed by atoms with Gasteiger partial charge < -0.3 is 0 Å². The molecule has 1 aromatic heterocycles. The maximum Gasteiger partial charge on any atom is 0.269 e. The van der Waals surface area contributed by atoms with Gasteiger partial charge in [0.2, 0.25) is 0 Å². The van der Waals surface area contributed by atoms with Crippen LogP contribution in [-0.2, 0) is 5.33 Å². The lowest BCUT2D eigenvalue weighted by atomic mass is 10.1. The number of rotatable bonds is 3. The van der Waals surface area contributed by atoms with Gasteiger partial charge >= 0.3 is 0 Å². The highest BCUT2D eigenvalue weighted by atomic mass is 79.9. The van der Waals surface area contributed by atoms with Crippen molar-refractivity contribution in [2.45, 2.75) is 5.33 Å². The summed E-state index contributed by atoms with van der Waals surface area (Å²) in [5, 5.41) is 17.2. The topological polar surface area (TPSA) is 88.9 Å². The lowest BCUT2D eigenvalue weighted by molar-refractivity contribution is -0.384. The van der Waals surface area contributed by atoms with Crippen molar-refractivity contribution in [2.75, 3.05) is 0 Å². The van der Waals surface area contributed by atoms with Crippen LogP contribution in [0, 0.1) is 10.1 Å². The third-order valence-corrected chi connectivity index (χ3v) is 3.00. The molecular formula is C11H8BrN3O3. The molecule has 0 bridgehead atoms. The number of nitro benzene ring substituents is 1. The summed E-state index contributed by atoms with van der Waals surface area (Å²) < 4.78 is 0. The molecule has 0 saturated carbocycles. The fourth-order valence-electron chi connectivity index (χ4n) is 1.45. The second-order valence-electron chi connectivity index (χ2n) is 3.55. The summed E-state index contributed by atoms with van der Waals surface area (Å²) in [4.78, 5) is 21.4. The van der Waals surface area contributed by atoms with E-state index in [0.717, 1.165) is 0 Å². The van der Waals surface area contributed by atoms with E-state index in [2.05, 4.69) is 26.1 Å². The summed E-state index contributed by atoms with van der Waals surface area (Å²) in [5.41, 5.74) is 1.60. The molecular weight excluding hydrogens is 302 g/mol. The Hall–Kier alpha value is -2.02. The molecule has 0 aliphatic carbocycles. The number of nitrogens with one attached hydrogen (secondary N) is 1. The highest BCUT2D eigenvalue weighted by Crippen LogP contribution is 2.20. The van der Waals surface area contributed by atoms with E-state index in [9.17, 15) is 14.9 Å². The van der Waals surface area contributed by atoms with Gasteiger partial charge in [-0.2, -0.15) is 5.10 Å². The minimum absolute atomic E-state index is 0.0175. The van der Waals surface area contributed by atoms with Crippen molar-refractivity contribution in [2.24, 2.45) is 0 Å². The Morgan fingerprint density at radius 1 is 1.33 bits per heavy atom. The molecule has 0 fully saturated rings. The zero-order valence-corrected chi connectivity index (χ0v) is 10.7. The van der Waals surface area contributed by atoms with Crippen molar-refractivity contribution >= 4 is 21.6 Å². The first-order chi connectivity index (χ1) is 8.61. The monoisotopic (exact) mass is 309 g/mol. The number of nitro groups is 1. The molecule has 0 atom stereocenters. The number of hydrogen-bond acceptors (Lipinski definition) is 4. The summed E-state index contributed by atoms with van der Waals surface area (Å²) in [6.45, 7) is 0. The predicted octanol–water partition coefficient (Wildman–Crippen LogP) is 2.24. The first kappa shape index (κ1) is 12.4. The van der Waals surface area contributed by atoms with Crippen LogP contribution >= 0.6 is 15.9 Å². The van der Waals surface area contributed by atoms with Crippen LogP contribution in [0.3, 0.4) is 0 Å². The molecule has 7 heteroatoms. The summed E-state index contributed by atoms with van der Waals surface area (Å²) in [6, 6.07) is 7.63. The van der Waals surface area contributed by atoms with Gasteiger partial charge in [0, 0.05) is 28.6 Å². The molecule has 0 aliphatic heterocycles. The molecule has 1 N–H and O–H groups in total. The minimum atomic E-state index is -0.464. The lowest BCUT2D eigenvalue weighted by Gasteiger charge is -2.01. The maximum absolute atomic E-state index is 11.3. The smallest absolute Gasteiger partial charge is 0.268 e. The highest BCUT2D eigenvalue weighted by Gasteiger charge is 2.07. The van der Waals surface area contributed by atoms with Crippen LogP contribution < -0.4 is 5.56 Å². The van der Waals surface area contributed by atoms with Gasteiger partial charge in [-0.3, -0.25) is 14.9 Å². The predicted molar refractivity (Wildman–Crippen MR) is 69.6 cm³/mol. The van der Waals surface area contributed by atoms with E-state index >= 15 is 0 Å². The molecule has 0 saturated heterocycles. The van der Waals surface area contributed by atoms with Gasteiger partial charge in [0.05, 0.1) is 10.6 Å². The van der Waals surface area contributed by atoms with Crippen molar-refractivity contribution in [1.82, 2.24) is 10.2 Å². The van der Waals surface area contributed by atoms with Gasteiger partial charge in [0.15, 0.2) is 0 Å². The van der Waals surface area contributed by atoms with Crippen LogP contribution in [0.5, 0.6) is 0 Å². The van der Waals surface area contributed by atoms with Crippen molar-refractivity contribution in [3.8, 4) is 11.3 Å². The van der Waals surface area contributed by atoms with E-state index in [1.54, 1.807) is 18.2 Å². The fourth-order valence-corrected chi connectivity index (χ4v) is 1.86. The Morgan fingerprint density at radius 3 is 2.56 bits per heavy atom. The highest BCUT2D eigenvalue weighted by molar-refractivity contribution is 9.08. The Kier molecular flexibility index (Phi) is 3.52. The van der Waals surface area contributed by atoms with Crippen molar-refractivity contribution in [3.05, 3.63) is 56.4 Å². The van der Waals surface area contributed by atoms with E-state index in [0.29, 0.717) is 22.2 Å². The number of hydrogen-bond donors (Lipinski definition) is 1. The van der Waals surface area contributed by atoms with Gasteiger partial charge in [0.25, 0.3) is 11.2 Å². The SMILES string of the molecule is O=c1[nH]nc(-c2ccc([N+](=O)[O-])cc2)cc1CBr. The van der Waals surface area contributed by atoms with Crippen LogP contribution in [0.1, 0.15) is 5.56 Å². The number of nitrogens with zero attached hydrogens (tertiary/aromatic N) is 2. The van der Waals surface area contributed by atoms with Crippen molar-refractivity contribution < 1.29 is 4.92 Å². The normalized spacial score (nSPS) is 10.3. The largest absolute Gasteiger partial charge is 0.269 e. The zero-order chi connectivity index (χ0) is 13.1. The van der Waals surface area contributed by atoms with Gasteiger partial charge in [-0.1, -0.05) is 15.9 Å². The number of aromatic amines is 1. The number of non-ortho nitro benzene ring substituents is 1. The van der Waals surface area contributed by atoms with Crippen molar-refractivity contribution in [1.29, 1.82) is 0 Å². The molecule has 2 aromatic rings. The molecule has 0 aliphatic rings. The molecule has 0 amide bonds. The van der Waals surface area contributed by atoms with Gasteiger partial charge in [-0.05, 0) is 18.2 Å². The van der Waals surface area contributed by atoms with Crippen LogP contribution in [-0.4, -0.2) is 15.1 Å². The van der Waals surface area contributed by atoms with Crippen LogP contribution in [0.15, 0.2) is 35.1 Å². The average molecular weight is 310 g/mol. The van der Waals surface area contributed by atoms with E-state index in [-0.39, 0.29) is 11.2 Å². The van der Waals surface area contributed by atoms with Gasteiger partial charge in [-0.25, -0.2) is 5.10 Å². The molecule has 0 spiro atoms. The Morgan fingerprint density at radius 2 is 2.00 bits per heavy atom. The fraction of sp³-hybridized carbons (Fsp3) is 0.0909. The van der Waals surface area contributed by atoms with E-state index in [1.807, 2.05) is 0 Å². The lowest BCUT2D eigenvalue weighted by Crippen LogP contribution is -2.13. The zero-order valence-electron chi connectivity index (χ0n) is 9.09. The van der Waals surface area contributed by atoms with E-state index in [1.165, 1.54) is 12.1 Å². The molecule has 2 rings (SSSR count). The Labute approximate surface area is 110 Å². The molecule has 0 radical (unpaired) electrons. The third kappa shape index (κ3) is 2.45. The van der Waals surface area contributed by atoms with Crippen molar-refractivity contribution in [3.63, 3.8) is 0 Å². The number of alkyl halides is 1. The summed E-state index contributed by atoms with van der Waals surface area (Å²) >= 11 is 3.21. The standard InChI is InChI=1S/C11H8BrN3O3/c12-6-8-5-10(13-14-11(8)16)7-1-3-9(4-2-7)15(17)18/h1-5H,6H2,(H,14,16). The first-order valence-corrected chi connectivity index (χ1v) is 6.13. The van der Waals surface area contributed by atoms with Gasteiger partial charge in [-0.15, -0.1) is 0 Å². The minimum Gasteiger partial charge on any atom is -0.268 e. The quantitative estimate of drug-likeness (QED) is 0.535. The number of aromatic nitrogens is 2. The number of benzene rings is 1. The summed E-state index contributed by atoms with van der Waals surface area (Å²) in [7, 11) is 0. The molecule has 6 nitrogen and oxygen atoms in total. The van der Waals surface area contributed by atoms with E-state index in [4.69, 9.17) is 0 Å². The number of halogens is 1. The van der Waals surface area contributed by atoms with Gasteiger partial charge in [0.1, 0.15) is 0 Å². The Balaban J connectivity index is 2.42. The maximum atomic E-state index is 11.3. The molecule has 1 aromatic carbocycles. The Bertz CT molecular complexity index is 637. The summed E-state index contributed by atoms with van der Waals surface area (Å²) in [6.07, 6.45) is 0. The second kappa shape index (κ2) is 5.09. The second-order valence-corrected chi connectivity index (χ2v) is 4.11.